The molecular formula is C17H36N2O2+2. The van der Waals surface area contributed by atoms with Gasteiger partial charge in [-0.1, -0.05) is 0 Å². The van der Waals surface area contributed by atoms with Gasteiger partial charge in [0.15, 0.2) is 0 Å². The van der Waals surface area contributed by atoms with Crippen molar-refractivity contribution in [2.24, 2.45) is 5.41 Å². The van der Waals surface area contributed by atoms with Crippen molar-refractivity contribution in [2.45, 2.75) is 51.6 Å². The molecule has 2 heterocycles. The van der Waals surface area contributed by atoms with Crippen LogP contribution >= 0.6 is 0 Å². The van der Waals surface area contributed by atoms with E-state index in [4.69, 9.17) is 9.47 Å². The molecule has 0 spiro atoms. The smallest absolute Gasteiger partial charge is 0.0884 e. The molecule has 0 aliphatic carbocycles. The second-order valence-corrected chi connectivity index (χ2v) is 7.80. The summed E-state index contributed by atoms with van der Waals surface area (Å²) in [5.74, 6) is 0. The Morgan fingerprint density at radius 1 is 1.24 bits per heavy atom. The zero-order chi connectivity index (χ0) is 15.2. The minimum Gasteiger partial charge on any atom is -0.384 e. The fraction of sp³-hybridized carbons (Fsp3) is 1.00. The fourth-order valence-corrected chi connectivity index (χ4v) is 4.35. The van der Waals surface area contributed by atoms with Crippen LogP contribution < -0.4 is 10.2 Å². The molecule has 21 heavy (non-hydrogen) atoms. The van der Waals surface area contributed by atoms with Crippen LogP contribution in [0.4, 0.5) is 0 Å². The van der Waals surface area contributed by atoms with Gasteiger partial charge < -0.3 is 19.7 Å². The van der Waals surface area contributed by atoms with E-state index in [-0.39, 0.29) is 5.60 Å². The average molecular weight is 300 g/mol. The third kappa shape index (κ3) is 5.51. The molecule has 2 rings (SSSR count). The highest BCUT2D eigenvalue weighted by Crippen LogP contribution is 2.37. The van der Waals surface area contributed by atoms with Crippen LogP contribution in [-0.4, -0.2) is 58.6 Å². The van der Waals surface area contributed by atoms with Gasteiger partial charge in [0.05, 0.1) is 50.3 Å². The number of ether oxygens (including phenoxy) is 2. The number of hydrogen-bond donors (Lipinski definition) is 2. The van der Waals surface area contributed by atoms with E-state index < -0.39 is 0 Å². The Kier molecular flexibility index (Phi) is 6.48. The standard InChI is InChI=1S/C17H34N2O2/c1-16(2)13-17(7-12-21-16,14-18-8-6-11-20-3)15-19-9-4-5-10-19/h18H,4-15H2,1-3H3/p+2/t17-/m1/s1. The Bertz CT molecular complexity index is 303. The van der Waals surface area contributed by atoms with Crippen molar-refractivity contribution < 1.29 is 19.7 Å². The van der Waals surface area contributed by atoms with Crippen molar-refractivity contribution in [3.63, 3.8) is 0 Å². The maximum Gasteiger partial charge on any atom is 0.0884 e. The van der Waals surface area contributed by atoms with E-state index in [0.29, 0.717) is 5.41 Å². The molecule has 3 N–H and O–H groups in total. The normalized spacial score (nSPS) is 29.9. The molecule has 4 heteroatoms. The minimum atomic E-state index is 0.0534. The highest BCUT2D eigenvalue weighted by Gasteiger charge is 2.45. The third-order valence-corrected chi connectivity index (χ3v) is 5.20. The van der Waals surface area contributed by atoms with Gasteiger partial charge >= 0.3 is 0 Å². The molecule has 1 atom stereocenters. The molecule has 124 valence electrons. The van der Waals surface area contributed by atoms with Crippen LogP contribution in [0.25, 0.3) is 0 Å². The van der Waals surface area contributed by atoms with Crippen LogP contribution in [-0.2, 0) is 9.47 Å². The van der Waals surface area contributed by atoms with E-state index in [0.717, 1.165) is 19.6 Å². The van der Waals surface area contributed by atoms with Crippen molar-refractivity contribution in [1.82, 2.24) is 0 Å². The minimum absolute atomic E-state index is 0.0534. The van der Waals surface area contributed by atoms with Crippen LogP contribution in [0.5, 0.6) is 0 Å². The number of quaternary nitrogens is 2. The van der Waals surface area contributed by atoms with Crippen molar-refractivity contribution in [2.75, 3.05) is 53.0 Å². The van der Waals surface area contributed by atoms with Gasteiger partial charge in [0.1, 0.15) is 0 Å². The predicted molar refractivity (Wildman–Crippen MR) is 84.6 cm³/mol. The largest absolute Gasteiger partial charge is 0.384 e. The van der Waals surface area contributed by atoms with Gasteiger partial charge in [-0.3, -0.25) is 0 Å². The van der Waals surface area contributed by atoms with Gasteiger partial charge in [-0.15, -0.1) is 0 Å². The molecule has 0 radical (unpaired) electrons. The van der Waals surface area contributed by atoms with Crippen molar-refractivity contribution >= 4 is 0 Å². The second kappa shape index (κ2) is 7.91. The van der Waals surface area contributed by atoms with E-state index in [1.165, 1.54) is 58.4 Å². The maximum atomic E-state index is 5.99. The maximum absolute atomic E-state index is 5.99. The molecule has 0 amide bonds. The number of nitrogens with one attached hydrogen (secondary N) is 1. The molecule has 2 fully saturated rings. The number of rotatable bonds is 8. The summed E-state index contributed by atoms with van der Waals surface area (Å²) in [6, 6.07) is 0. The Morgan fingerprint density at radius 2 is 2.00 bits per heavy atom. The van der Waals surface area contributed by atoms with Crippen molar-refractivity contribution in [3.05, 3.63) is 0 Å². The number of likely N-dealkylation sites (tertiary alicyclic amines) is 1. The van der Waals surface area contributed by atoms with Gasteiger partial charge in [0, 0.05) is 33.0 Å². The molecule has 0 aromatic heterocycles. The Hall–Kier alpha value is -0.160. The Balaban J connectivity index is 1.89. The van der Waals surface area contributed by atoms with E-state index in [1.54, 1.807) is 7.11 Å². The van der Waals surface area contributed by atoms with E-state index in [2.05, 4.69) is 19.2 Å². The summed E-state index contributed by atoms with van der Waals surface area (Å²) in [4.78, 5) is 1.83. The lowest BCUT2D eigenvalue weighted by Crippen LogP contribution is -3.12. The lowest BCUT2D eigenvalue weighted by molar-refractivity contribution is -0.897. The highest BCUT2D eigenvalue weighted by atomic mass is 16.5. The number of methoxy groups -OCH3 is 1. The van der Waals surface area contributed by atoms with Gasteiger partial charge in [-0.2, -0.15) is 0 Å². The summed E-state index contributed by atoms with van der Waals surface area (Å²) in [5, 5.41) is 2.52. The molecule has 0 aromatic carbocycles. The first-order valence-electron chi connectivity index (χ1n) is 8.83. The van der Waals surface area contributed by atoms with Gasteiger partial charge in [-0.05, 0) is 26.7 Å². The third-order valence-electron chi connectivity index (χ3n) is 5.20. The molecule has 2 aliphatic heterocycles. The second-order valence-electron chi connectivity index (χ2n) is 7.80. The summed E-state index contributed by atoms with van der Waals surface area (Å²) < 4.78 is 11.1. The molecule has 0 unspecified atom stereocenters. The molecule has 2 saturated heterocycles. The predicted octanol–water partition coefficient (Wildman–Crippen LogP) is -0.160. The Morgan fingerprint density at radius 3 is 2.67 bits per heavy atom. The summed E-state index contributed by atoms with van der Waals surface area (Å²) >= 11 is 0. The number of nitrogens with two attached hydrogens (primary N) is 1. The molecular weight excluding hydrogens is 264 g/mol. The van der Waals surface area contributed by atoms with Crippen molar-refractivity contribution in [1.29, 1.82) is 0 Å². The van der Waals surface area contributed by atoms with E-state index >= 15 is 0 Å². The summed E-state index contributed by atoms with van der Waals surface area (Å²) in [6.07, 6.45) is 6.44. The lowest BCUT2D eigenvalue weighted by Gasteiger charge is -2.44. The summed E-state index contributed by atoms with van der Waals surface area (Å²) in [6.45, 7) is 12.9. The first-order valence-corrected chi connectivity index (χ1v) is 8.83. The first-order chi connectivity index (χ1) is 10.1. The molecule has 0 bridgehead atoms. The summed E-state index contributed by atoms with van der Waals surface area (Å²) in [5.41, 5.74) is 0.520. The van der Waals surface area contributed by atoms with Gasteiger partial charge in [0.2, 0.25) is 0 Å². The monoisotopic (exact) mass is 300 g/mol. The first kappa shape index (κ1) is 17.2. The van der Waals surface area contributed by atoms with E-state index in [9.17, 15) is 0 Å². The van der Waals surface area contributed by atoms with Crippen LogP contribution in [0.2, 0.25) is 0 Å². The van der Waals surface area contributed by atoms with Crippen LogP contribution in [0, 0.1) is 5.41 Å². The lowest BCUT2D eigenvalue weighted by atomic mass is 9.73. The zero-order valence-corrected chi connectivity index (χ0v) is 14.4. The van der Waals surface area contributed by atoms with Crippen molar-refractivity contribution in [3.8, 4) is 0 Å². The topological polar surface area (TPSA) is 39.5 Å². The van der Waals surface area contributed by atoms with Crippen LogP contribution in [0.15, 0.2) is 0 Å². The molecule has 0 saturated carbocycles. The number of hydrogen-bond acceptors (Lipinski definition) is 2. The van der Waals surface area contributed by atoms with Crippen LogP contribution in [0.3, 0.4) is 0 Å². The van der Waals surface area contributed by atoms with Crippen LogP contribution in [0.1, 0.15) is 46.0 Å². The quantitative estimate of drug-likeness (QED) is 0.612. The van der Waals surface area contributed by atoms with Gasteiger partial charge in [0.25, 0.3) is 0 Å². The Labute approximate surface area is 130 Å². The molecule has 2 aliphatic rings. The summed E-state index contributed by atoms with van der Waals surface area (Å²) in [7, 11) is 1.79. The van der Waals surface area contributed by atoms with E-state index in [1.807, 2.05) is 4.90 Å². The van der Waals surface area contributed by atoms with Gasteiger partial charge in [-0.25, -0.2) is 0 Å². The molecule has 0 aromatic rings. The SMILES string of the molecule is COCCC[NH2+]C[C@@]1(C[NH+]2CCCC2)CCOC(C)(C)C1. The fourth-order valence-electron chi connectivity index (χ4n) is 4.35. The highest BCUT2D eigenvalue weighted by molar-refractivity contribution is 4.89. The zero-order valence-electron chi connectivity index (χ0n) is 14.4. The average Bonchev–Trinajstić information content (AvgIpc) is 2.90. The molecule has 4 nitrogen and oxygen atoms in total.